The lowest BCUT2D eigenvalue weighted by Crippen LogP contribution is -1.97. The Bertz CT molecular complexity index is 318. The van der Waals surface area contributed by atoms with Crippen LogP contribution in [0.4, 0.5) is 0 Å². The van der Waals surface area contributed by atoms with Crippen molar-refractivity contribution in [1.29, 1.82) is 0 Å². The van der Waals surface area contributed by atoms with Gasteiger partial charge in [-0.3, -0.25) is 0 Å². The van der Waals surface area contributed by atoms with Crippen molar-refractivity contribution < 1.29 is 0 Å². The van der Waals surface area contributed by atoms with E-state index in [1.54, 1.807) is 5.57 Å². The summed E-state index contributed by atoms with van der Waals surface area (Å²) in [6.45, 7) is 0. The van der Waals surface area contributed by atoms with Gasteiger partial charge in [0.15, 0.2) is 0 Å². The quantitative estimate of drug-likeness (QED) is 0.418. The van der Waals surface area contributed by atoms with Crippen LogP contribution >= 0.6 is 0 Å². The lowest BCUT2D eigenvalue weighted by Gasteiger charge is -2.11. The second-order valence-corrected chi connectivity index (χ2v) is 3.53. The second-order valence-electron chi connectivity index (χ2n) is 3.53. The van der Waals surface area contributed by atoms with E-state index in [2.05, 4.69) is 36.1 Å². The molecule has 0 spiro atoms. The zero-order valence-electron chi connectivity index (χ0n) is 7.79. The van der Waals surface area contributed by atoms with Crippen LogP contribution in [0.3, 0.4) is 0 Å². The topological polar surface area (TPSA) is 0 Å². The second kappa shape index (κ2) is 4.14. The first-order valence-electron chi connectivity index (χ1n) is 4.97. The molecule has 66 valence electrons. The van der Waals surface area contributed by atoms with Crippen LogP contribution in [0.25, 0.3) is 0 Å². The summed E-state index contributed by atoms with van der Waals surface area (Å²) in [4.78, 5) is 0. The molecule has 0 nitrogen and oxygen atoms in total. The van der Waals surface area contributed by atoms with Gasteiger partial charge in [0, 0.05) is 6.42 Å². The number of allylic oxidation sites excluding steroid dienone is 6. The van der Waals surface area contributed by atoms with Gasteiger partial charge in [0.1, 0.15) is 0 Å². The summed E-state index contributed by atoms with van der Waals surface area (Å²) in [7, 11) is 0. The Morgan fingerprint density at radius 2 is 2.38 bits per heavy atom. The molecule has 1 atom stereocenters. The van der Waals surface area contributed by atoms with E-state index in [1.165, 1.54) is 12.8 Å². The van der Waals surface area contributed by atoms with Crippen molar-refractivity contribution in [3.8, 4) is 11.8 Å². The third kappa shape index (κ3) is 2.12. The molecule has 13 heavy (non-hydrogen) atoms. The van der Waals surface area contributed by atoms with Gasteiger partial charge in [0.25, 0.3) is 0 Å². The van der Waals surface area contributed by atoms with Crippen molar-refractivity contribution >= 4 is 0 Å². The lowest BCUT2D eigenvalue weighted by molar-refractivity contribution is 0.692. The maximum Gasteiger partial charge on any atom is 0.0130 e. The fraction of sp³-hybridized carbons (Fsp3) is 0.385. The van der Waals surface area contributed by atoms with E-state index in [0.717, 1.165) is 12.8 Å². The van der Waals surface area contributed by atoms with E-state index in [0.29, 0.717) is 5.92 Å². The van der Waals surface area contributed by atoms with Crippen LogP contribution in [0.15, 0.2) is 36.0 Å². The number of hydrogen-bond acceptors (Lipinski definition) is 0. The zero-order chi connectivity index (χ0) is 8.93. The molecule has 0 radical (unpaired) electrons. The van der Waals surface area contributed by atoms with Crippen molar-refractivity contribution in [3.63, 3.8) is 0 Å². The molecule has 0 bridgehead atoms. The molecule has 0 aliphatic heterocycles. The average molecular weight is 170 g/mol. The average Bonchev–Trinajstić information content (AvgIpc) is 2.55. The van der Waals surface area contributed by atoms with Gasteiger partial charge in [0.2, 0.25) is 0 Å². The summed E-state index contributed by atoms with van der Waals surface area (Å²) in [6.07, 6.45) is 15.6. The molecular formula is C13H14. The van der Waals surface area contributed by atoms with Crippen LogP contribution in [0.2, 0.25) is 0 Å². The van der Waals surface area contributed by atoms with Crippen LogP contribution in [0, 0.1) is 17.8 Å². The summed E-state index contributed by atoms with van der Waals surface area (Å²) in [5.41, 5.74) is 1.55. The summed E-state index contributed by atoms with van der Waals surface area (Å²) in [5.74, 6) is 6.84. The van der Waals surface area contributed by atoms with Gasteiger partial charge >= 0.3 is 0 Å². The minimum absolute atomic E-state index is 0.699. The fourth-order valence-corrected chi connectivity index (χ4v) is 1.89. The van der Waals surface area contributed by atoms with E-state index in [4.69, 9.17) is 0 Å². The smallest absolute Gasteiger partial charge is 0.0130 e. The Hall–Kier alpha value is -1.22. The molecule has 1 unspecified atom stereocenters. The Balaban J connectivity index is 2.09. The monoisotopic (exact) mass is 170 g/mol. The number of rotatable bonds is 1. The van der Waals surface area contributed by atoms with Crippen LogP contribution in [0.5, 0.6) is 0 Å². The highest BCUT2D eigenvalue weighted by atomic mass is 14.2. The number of hydrogen-bond donors (Lipinski definition) is 0. The van der Waals surface area contributed by atoms with E-state index in [9.17, 15) is 0 Å². The zero-order valence-corrected chi connectivity index (χ0v) is 7.79. The first-order valence-corrected chi connectivity index (χ1v) is 4.97. The molecule has 0 fully saturated rings. The largest absolute Gasteiger partial charge is 0.0982 e. The molecular weight excluding hydrogens is 156 g/mol. The van der Waals surface area contributed by atoms with Crippen LogP contribution < -0.4 is 0 Å². The van der Waals surface area contributed by atoms with E-state index < -0.39 is 0 Å². The third-order valence-electron chi connectivity index (χ3n) is 2.62. The van der Waals surface area contributed by atoms with Crippen molar-refractivity contribution in [3.05, 3.63) is 36.0 Å². The first-order chi connectivity index (χ1) is 6.47. The van der Waals surface area contributed by atoms with Crippen LogP contribution in [-0.4, -0.2) is 0 Å². The highest BCUT2D eigenvalue weighted by Crippen LogP contribution is 2.28. The van der Waals surface area contributed by atoms with Crippen LogP contribution in [-0.2, 0) is 0 Å². The fourth-order valence-electron chi connectivity index (χ4n) is 1.89. The Labute approximate surface area is 80.0 Å². The van der Waals surface area contributed by atoms with Crippen molar-refractivity contribution in [2.75, 3.05) is 0 Å². The predicted octanol–water partition coefficient (Wildman–Crippen LogP) is 3.23. The third-order valence-corrected chi connectivity index (χ3v) is 2.62. The maximum atomic E-state index is 3.14. The van der Waals surface area contributed by atoms with Gasteiger partial charge in [-0.1, -0.05) is 41.7 Å². The standard InChI is InChI=1S/C13H14/c1-2-4-8-12(9-5-3-1)13-10-6-7-11-13/h2,4,6,8,10,13H,5,7,9,11H2/b4-2-,12-8+. The summed E-state index contributed by atoms with van der Waals surface area (Å²) in [6, 6.07) is 0. The minimum Gasteiger partial charge on any atom is -0.0982 e. The van der Waals surface area contributed by atoms with Crippen LogP contribution in [0.1, 0.15) is 25.7 Å². The Kier molecular flexibility index (Phi) is 2.67. The van der Waals surface area contributed by atoms with E-state index in [-0.39, 0.29) is 0 Å². The maximum absolute atomic E-state index is 3.14. The van der Waals surface area contributed by atoms with Crippen molar-refractivity contribution in [2.24, 2.45) is 5.92 Å². The SMILES string of the molecule is C1#CCC/C(C2C=CCC2)=C\C=C/1. The molecule has 2 aliphatic carbocycles. The summed E-state index contributed by atoms with van der Waals surface area (Å²) in [5, 5.41) is 0. The molecule has 2 aliphatic rings. The molecule has 0 aromatic rings. The van der Waals surface area contributed by atoms with Gasteiger partial charge < -0.3 is 0 Å². The van der Waals surface area contributed by atoms with Crippen molar-refractivity contribution in [2.45, 2.75) is 25.7 Å². The highest BCUT2D eigenvalue weighted by Gasteiger charge is 2.13. The van der Waals surface area contributed by atoms with Gasteiger partial charge in [-0.25, -0.2) is 0 Å². The lowest BCUT2D eigenvalue weighted by atomic mass is 9.93. The Morgan fingerprint density at radius 1 is 1.38 bits per heavy atom. The van der Waals surface area contributed by atoms with Gasteiger partial charge in [-0.2, -0.15) is 0 Å². The molecule has 0 aromatic carbocycles. The molecule has 0 saturated heterocycles. The Morgan fingerprint density at radius 3 is 3.23 bits per heavy atom. The molecule has 0 N–H and O–H groups in total. The molecule has 2 rings (SSSR count). The molecule has 0 amide bonds. The van der Waals surface area contributed by atoms with E-state index >= 15 is 0 Å². The predicted molar refractivity (Wildman–Crippen MR) is 56.1 cm³/mol. The van der Waals surface area contributed by atoms with Gasteiger partial charge in [-0.15, -0.1) is 0 Å². The van der Waals surface area contributed by atoms with E-state index in [1.807, 2.05) is 6.08 Å². The molecule has 0 heterocycles. The molecule has 0 aromatic heterocycles. The molecule has 0 heteroatoms. The normalized spacial score (nSPS) is 32.3. The summed E-state index contributed by atoms with van der Waals surface area (Å²) < 4.78 is 0. The van der Waals surface area contributed by atoms with Crippen molar-refractivity contribution in [1.82, 2.24) is 0 Å². The van der Waals surface area contributed by atoms with Gasteiger partial charge in [0.05, 0.1) is 0 Å². The summed E-state index contributed by atoms with van der Waals surface area (Å²) >= 11 is 0. The van der Waals surface area contributed by atoms with Gasteiger partial charge in [-0.05, 0) is 31.3 Å². The first kappa shape index (κ1) is 8.38. The minimum atomic E-state index is 0.699. The molecule has 0 saturated carbocycles. The highest BCUT2D eigenvalue weighted by molar-refractivity contribution is 5.28.